The average molecular weight is 348 g/mol. The van der Waals surface area contributed by atoms with Crippen LogP contribution in [0.2, 0.25) is 0 Å². The summed E-state index contributed by atoms with van der Waals surface area (Å²) in [6.07, 6.45) is 0. The van der Waals surface area contributed by atoms with Gasteiger partial charge in [0.2, 0.25) is 5.13 Å². The Morgan fingerprint density at radius 3 is 2.54 bits per heavy atom. The fourth-order valence-electron chi connectivity index (χ4n) is 2.14. The van der Waals surface area contributed by atoms with Crippen molar-refractivity contribution in [1.82, 2.24) is 25.3 Å². The number of amides is 2. The Bertz CT molecular complexity index is 645. The molecule has 3 N–H and O–H groups in total. The van der Waals surface area contributed by atoms with Crippen molar-refractivity contribution in [3.05, 3.63) is 40.9 Å². The number of aromatic nitrogens is 2. The van der Waals surface area contributed by atoms with Gasteiger partial charge in [0.25, 0.3) is 0 Å². The lowest BCUT2D eigenvalue weighted by atomic mass is 10.2. The third-order valence-corrected chi connectivity index (χ3v) is 4.42. The van der Waals surface area contributed by atoms with Gasteiger partial charge < -0.3 is 20.9 Å². The SMILES string of the molecule is C[C@@H](NC(=O)N(CCN(C)C)Cc1ccccc1)c1nnc(N)s1. The summed E-state index contributed by atoms with van der Waals surface area (Å²) in [5.74, 6) is 0. The molecule has 1 aromatic heterocycles. The number of nitrogens with two attached hydrogens (primary N) is 1. The molecule has 2 aromatic rings. The normalized spacial score (nSPS) is 12.2. The molecule has 0 unspecified atom stereocenters. The van der Waals surface area contributed by atoms with Gasteiger partial charge in [-0.15, -0.1) is 10.2 Å². The molecule has 0 radical (unpaired) electrons. The second-order valence-corrected chi connectivity index (χ2v) is 6.90. The van der Waals surface area contributed by atoms with E-state index in [1.807, 2.05) is 51.4 Å². The Labute approximate surface area is 146 Å². The molecule has 0 saturated heterocycles. The van der Waals surface area contributed by atoms with Crippen LogP contribution in [0.25, 0.3) is 0 Å². The van der Waals surface area contributed by atoms with Gasteiger partial charge in [0.15, 0.2) is 0 Å². The van der Waals surface area contributed by atoms with Crippen LogP contribution in [-0.2, 0) is 6.54 Å². The van der Waals surface area contributed by atoms with Gasteiger partial charge in [-0.05, 0) is 26.6 Å². The lowest BCUT2D eigenvalue weighted by molar-refractivity contribution is 0.185. The van der Waals surface area contributed by atoms with Crippen LogP contribution in [0.1, 0.15) is 23.5 Å². The van der Waals surface area contributed by atoms with Crippen molar-refractivity contribution < 1.29 is 4.79 Å². The summed E-state index contributed by atoms with van der Waals surface area (Å²) in [6, 6.07) is 9.60. The van der Waals surface area contributed by atoms with Gasteiger partial charge in [0, 0.05) is 19.6 Å². The summed E-state index contributed by atoms with van der Waals surface area (Å²) in [6.45, 7) is 3.87. The summed E-state index contributed by atoms with van der Waals surface area (Å²) in [5, 5.41) is 11.9. The highest BCUT2D eigenvalue weighted by molar-refractivity contribution is 7.15. The molecule has 0 aliphatic rings. The standard InChI is InChI=1S/C16H24N6OS/c1-12(14-19-20-15(17)24-14)18-16(23)22(10-9-21(2)3)11-13-7-5-4-6-8-13/h4-8,12H,9-11H2,1-3H3,(H2,17,20)(H,18,23)/t12-/m1/s1. The summed E-state index contributed by atoms with van der Waals surface area (Å²) in [5.41, 5.74) is 6.70. The molecule has 0 fully saturated rings. The molecule has 0 spiro atoms. The number of hydrogen-bond acceptors (Lipinski definition) is 6. The minimum absolute atomic E-state index is 0.123. The van der Waals surface area contributed by atoms with E-state index in [9.17, 15) is 4.79 Å². The van der Waals surface area contributed by atoms with Gasteiger partial charge in [0.05, 0.1) is 6.04 Å². The summed E-state index contributed by atoms with van der Waals surface area (Å²) in [4.78, 5) is 16.5. The van der Waals surface area contributed by atoms with E-state index in [1.54, 1.807) is 4.90 Å². The first-order valence-electron chi connectivity index (χ1n) is 7.78. The number of rotatable bonds is 7. The molecular formula is C16H24N6OS. The summed E-state index contributed by atoms with van der Waals surface area (Å²) < 4.78 is 0. The third kappa shape index (κ3) is 5.47. The van der Waals surface area contributed by atoms with Gasteiger partial charge in [-0.2, -0.15) is 0 Å². The molecule has 8 heteroatoms. The topological polar surface area (TPSA) is 87.4 Å². The minimum atomic E-state index is -0.232. The predicted molar refractivity (Wildman–Crippen MR) is 96.7 cm³/mol. The van der Waals surface area contributed by atoms with Crippen molar-refractivity contribution in [2.75, 3.05) is 32.9 Å². The number of hydrogen-bond donors (Lipinski definition) is 2. The van der Waals surface area contributed by atoms with Gasteiger partial charge in [-0.3, -0.25) is 0 Å². The molecule has 0 aliphatic carbocycles. The Morgan fingerprint density at radius 1 is 1.25 bits per heavy atom. The zero-order valence-electron chi connectivity index (χ0n) is 14.3. The maximum atomic E-state index is 12.7. The number of benzene rings is 1. The first-order chi connectivity index (χ1) is 11.5. The quantitative estimate of drug-likeness (QED) is 0.798. The smallest absolute Gasteiger partial charge is 0.318 e. The molecule has 1 heterocycles. The zero-order valence-corrected chi connectivity index (χ0v) is 15.1. The maximum Gasteiger partial charge on any atom is 0.318 e. The lowest BCUT2D eigenvalue weighted by Crippen LogP contribution is -2.43. The van der Waals surface area contributed by atoms with Gasteiger partial charge >= 0.3 is 6.03 Å². The van der Waals surface area contributed by atoms with Crippen LogP contribution in [0.15, 0.2) is 30.3 Å². The Morgan fingerprint density at radius 2 is 1.96 bits per heavy atom. The largest absolute Gasteiger partial charge is 0.374 e. The van der Waals surface area contributed by atoms with Crippen LogP contribution in [0.3, 0.4) is 0 Å². The fraction of sp³-hybridized carbons (Fsp3) is 0.438. The van der Waals surface area contributed by atoms with Crippen molar-refractivity contribution in [3.8, 4) is 0 Å². The van der Waals surface area contributed by atoms with Crippen molar-refractivity contribution in [2.24, 2.45) is 0 Å². The lowest BCUT2D eigenvalue weighted by Gasteiger charge is -2.26. The maximum absolute atomic E-state index is 12.7. The number of nitrogens with one attached hydrogen (secondary N) is 1. The van der Waals surface area contributed by atoms with Crippen LogP contribution in [-0.4, -0.2) is 53.2 Å². The van der Waals surface area contributed by atoms with Crippen molar-refractivity contribution >= 4 is 22.5 Å². The Hall–Kier alpha value is -2.19. The van der Waals surface area contributed by atoms with Crippen LogP contribution in [0, 0.1) is 0 Å². The molecule has 1 atom stereocenters. The van der Waals surface area contributed by atoms with Crippen LogP contribution >= 0.6 is 11.3 Å². The van der Waals surface area contributed by atoms with E-state index in [0.29, 0.717) is 23.2 Å². The summed E-state index contributed by atoms with van der Waals surface area (Å²) in [7, 11) is 3.98. The highest BCUT2D eigenvalue weighted by atomic mass is 32.1. The number of anilines is 1. The second-order valence-electron chi connectivity index (χ2n) is 5.86. The number of likely N-dealkylation sites (N-methyl/N-ethyl adjacent to an activating group) is 1. The molecular weight excluding hydrogens is 324 g/mol. The highest BCUT2D eigenvalue weighted by Gasteiger charge is 2.19. The van der Waals surface area contributed by atoms with E-state index in [4.69, 9.17) is 5.73 Å². The van der Waals surface area contributed by atoms with Crippen LogP contribution in [0.5, 0.6) is 0 Å². The van der Waals surface area contributed by atoms with Gasteiger partial charge in [-0.25, -0.2) is 4.79 Å². The van der Waals surface area contributed by atoms with E-state index in [1.165, 1.54) is 11.3 Å². The molecule has 130 valence electrons. The number of carbonyl (C=O) groups excluding carboxylic acids is 1. The number of urea groups is 1. The number of nitrogen functional groups attached to an aromatic ring is 1. The molecule has 24 heavy (non-hydrogen) atoms. The van der Waals surface area contributed by atoms with Crippen molar-refractivity contribution in [2.45, 2.75) is 19.5 Å². The van der Waals surface area contributed by atoms with Gasteiger partial charge in [0.1, 0.15) is 5.01 Å². The molecule has 2 rings (SSSR count). The van der Waals surface area contributed by atoms with Crippen molar-refractivity contribution in [3.63, 3.8) is 0 Å². The second kappa shape index (κ2) is 8.60. The predicted octanol–water partition coefficient (Wildman–Crippen LogP) is 1.95. The van der Waals surface area contributed by atoms with E-state index >= 15 is 0 Å². The van der Waals surface area contributed by atoms with Gasteiger partial charge in [-0.1, -0.05) is 41.7 Å². The molecule has 7 nitrogen and oxygen atoms in total. The molecule has 0 saturated carbocycles. The molecule has 2 amide bonds. The number of nitrogens with zero attached hydrogens (tertiary/aromatic N) is 4. The third-order valence-electron chi connectivity index (χ3n) is 3.49. The van der Waals surface area contributed by atoms with E-state index in [0.717, 1.165) is 12.1 Å². The van der Waals surface area contributed by atoms with Crippen LogP contribution < -0.4 is 11.1 Å². The van der Waals surface area contributed by atoms with E-state index < -0.39 is 0 Å². The average Bonchev–Trinajstić information content (AvgIpc) is 2.98. The Kier molecular flexibility index (Phi) is 6.51. The highest BCUT2D eigenvalue weighted by Crippen LogP contribution is 2.19. The summed E-state index contributed by atoms with van der Waals surface area (Å²) >= 11 is 1.29. The first-order valence-corrected chi connectivity index (χ1v) is 8.60. The minimum Gasteiger partial charge on any atom is -0.374 e. The van der Waals surface area contributed by atoms with Crippen LogP contribution in [0.4, 0.5) is 9.93 Å². The molecule has 0 aliphatic heterocycles. The number of carbonyl (C=O) groups is 1. The first kappa shape index (κ1) is 18.2. The Balaban J connectivity index is 2.02. The fourth-order valence-corrected chi connectivity index (χ4v) is 2.75. The van der Waals surface area contributed by atoms with E-state index in [2.05, 4.69) is 20.4 Å². The zero-order chi connectivity index (χ0) is 17.5. The molecule has 0 bridgehead atoms. The van der Waals surface area contributed by atoms with E-state index in [-0.39, 0.29) is 12.1 Å². The monoisotopic (exact) mass is 348 g/mol. The van der Waals surface area contributed by atoms with Crippen molar-refractivity contribution in [1.29, 1.82) is 0 Å². The molecule has 1 aromatic carbocycles.